The second kappa shape index (κ2) is 8.63. The number of carbonyl (C=O) groups is 2. The smallest absolute Gasteiger partial charge is 0.362 e. The Hall–Kier alpha value is -2.66. The van der Waals surface area contributed by atoms with Crippen LogP contribution >= 0.6 is 0 Å². The summed E-state index contributed by atoms with van der Waals surface area (Å²) in [5.74, 6) is -1.96. The number of carboxylic acids is 2. The van der Waals surface area contributed by atoms with E-state index in [0.29, 0.717) is 13.0 Å². The Morgan fingerprint density at radius 3 is 1.65 bits per heavy atom. The number of benzene rings is 2. The van der Waals surface area contributed by atoms with E-state index in [1.807, 2.05) is 67.6 Å². The number of carboxylic acid groups (broad SMARTS) is 2. The van der Waals surface area contributed by atoms with Gasteiger partial charge in [0.2, 0.25) is 0 Å². The van der Waals surface area contributed by atoms with Gasteiger partial charge in [0.1, 0.15) is 6.04 Å². The van der Waals surface area contributed by atoms with E-state index < -0.39 is 18.0 Å². The van der Waals surface area contributed by atoms with Gasteiger partial charge in [-0.1, -0.05) is 67.6 Å². The molecule has 26 heavy (non-hydrogen) atoms. The number of quaternary nitrogens is 1. The number of nitrogens with zero attached hydrogens (tertiary/aromatic N) is 1. The summed E-state index contributed by atoms with van der Waals surface area (Å²) in [6, 6.07) is 18.0. The molecule has 2 N–H and O–H groups in total. The Kier molecular flexibility index (Phi) is 6.52. The van der Waals surface area contributed by atoms with Gasteiger partial charge in [-0.05, 0) is 6.92 Å². The third-order valence-corrected chi connectivity index (χ3v) is 5.06. The number of aliphatic carboxylic acids is 2. The Bertz CT molecular complexity index is 693. The van der Waals surface area contributed by atoms with Gasteiger partial charge >= 0.3 is 11.9 Å². The van der Waals surface area contributed by atoms with Gasteiger partial charge in [-0.25, -0.2) is 9.59 Å². The molecular weight excluding hydrogens is 330 g/mol. The van der Waals surface area contributed by atoms with E-state index in [1.54, 1.807) is 6.92 Å². The van der Waals surface area contributed by atoms with E-state index in [0.717, 1.165) is 11.1 Å². The van der Waals surface area contributed by atoms with Crippen LogP contribution in [0.25, 0.3) is 0 Å². The van der Waals surface area contributed by atoms with Crippen molar-refractivity contribution in [1.29, 1.82) is 0 Å². The summed E-state index contributed by atoms with van der Waals surface area (Å²) in [5.41, 5.74) is 1.84. The fourth-order valence-corrected chi connectivity index (χ4v) is 3.96. The maximum absolute atomic E-state index is 12.1. The van der Waals surface area contributed by atoms with Gasteiger partial charge in [-0.3, -0.25) is 4.48 Å². The average molecular weight is 356 g/mol. The summed E-state index contributed by atoms with van der Waals surface area (Å²) in [6.07, 6.45) is 0.354. The number of likely N-dealkylation sites (N-methyl/N-ethyl adjacent to an activating group) is 1. The zero-order valence-corrected chi connectivity index (χ0v) is 15.2. The van der Waals surface area contributed by atoms with Crippen molar-refractivity contribution in [2.75, 3.05) is 13.1 Å². The molecule has 0 aliphatic carbocycles. The minimum Gasteiger partial charge on any atom is -0.477 e. The van der Waals surface area contributed by atoms with Gasteiger partial charge in [0, 0.05) is 17.5 Å². The van der Waals surface area contributed by atoms with Gasteiger partial charge in [0.05, 0.1) is 6.54 Å². The standard InChI is InChI=1S/C21H25NO4/c1-3-18(21(25)26)22(4-2,15-19(23)24)20(16-11-7-5-8-12-16)17-13-9-6-10-14-17/h5-14,18,20H,3-4,15H2,1-2H3,(H-,23,24,25,26)/p+1. The van der Waals surface area contributed by atoms with Crippen LogP contribution in [0.15, 0.2) is 60.7 Å². The largest absolute Gasteiger partial charge is 0.477 e. The Morgan fingerprint density at radius 2 is 1.35 bits per heavy atom. The summed E-state index contributed by atoms with van der Waals surface area (Å²) in [7, 11) is 0. The topological polar surface area (TPSA) is 74.6 Å². The van der Waals surface area contributed by atoms with Crippen LogP contribution < -0.4 is 0 Å². The lowest BCUT2D eigenvalue weighted by Gasteiger charge is -2.47. The summed E-state index contributed by atoms with van der Waals surface area (Å²) in [6.45, 7) is 3.81. The molecule has 0 spiro atoms. The van der Waals surface area contributed by atoms with Gasteiger partial charge in [-0.2, -0.15) is 0 Å². The van der Waals surface area contributed by atoms with E-state index in [-0.39, 0.29) is 17.1 Å². The molecule has 0 radical (unpaired) electrons. The predicted octanol–water partition coefficient (Wildman–Crippen LogP) is 3.56. The molecule has 0 saturated carbocycles. The second-order valence-electron chi connectivity index (χ2n) is 6.46. The highest BCUT2D eigenvalue weighted by atomic mass is 16.4. The van der Waals surface area contributed by atoms with Crippen LogP contribution in [0.2, 0.25) is 0 Å². The van der Waals surface area contributed by atoms with E-state index in [2.05, 4.69) is 0 Å². The van der Waals surface area contributed by atoms with E-state index >= 15 is 0 Å². The first-order valence-corrected chi connectivity index (χ1v) is 8.87. The third kappa shape index (κ3) is 3.94. The normalized spacial score (nSPS) is 14.6. The van der Waals surface area contributed by atoms with E-state index in [9.17, 15) is 19.8 Å². The van der Waals surface area contributed by atoms with Crippen LogP contribution in [-0.4, -0.2) is 45.8 Å². The quantitative estimate of drug-likeness (QED) is 0.674. The lowest BCUT2D eigenvalue weighted by Crippen LogP contribution is -2.62. The molecule has 0 aliphatic heterocycles. The van der Waals surface area contributed by atoms with E-state index in [1.165, 1.54) is 0 Å². The summed E-state index contributed by atoms with van der Waals surface area (Å²) < 4.78 is -0.0603. The van der Waals surface area contributed by atoms with Gasteiger partial charge in [0.25, 0.3) is 0 Å². The molecule has 138 valence electrons. The molecule has 2 aromatic rings. The zero-order valence-electron chi connectivity index (χ0n) is 15.2. The zero-order chi connectivity index (χ0) is 19.2. The molecule has 0 saturated heterocycles. The highest BCUT2D eigenvalue weighted by Crippen LogP contribution is 2.38. The molecule has 0 aromatic heterocycles. The lowest BCUT2D eigenvalue weighted by molar-refractivity contribution is -0.958. The van der Waals surface area contributed by atoms with Crippen LogP contribution in [0.1, 0.15) is 37.4 Å². The number of rotatable bonds is 9. The van der Waals surface area contributed by atoms with Gasteiger partial charge in [-0.15, -0.1) is 0 Å². The average Bonchev–Trinajstić information content (AvgIpc) is 2.63. The highest BCUT2D eigenvalue weighted by molar-refractivity contribution is 5.73. The van der Waals surface area contributed by atoms with Crippen molar-refractivity contribution in [3.63, 3.8) is 0 Å². The van der Waals surface area contributed by atoms with Crippen LogP contribution in [0.4, 0.5) is 0 Å². The molecule has 2 aromatic carbocycles. The summed E-state index contributed by atoms with van der Waals surface area (Å²) in [5, 5.41) is 19.5. The molecule has 0 fully saturated rings. The highest BCUT2D eigenvalue weighted by Gasteiger charge is 2.48. The van der Waals surface area contributed by atoms with Crippen molar-refractivity contribution in [1.82, 2.24) is 0 Å². The molecule has 0 bridgehead atoms. The molecule has 0 heterocycles. The van der Waals surface area contributed by atoms with Crippen molar-refractivity contribution in [3.8, 4) is 0 Å². The van der Waals surface area contributed by atoms with Crippen molar-refractivity contribution >= 4 is 11.9 Å². The summed E-state index contributed by atoms with van der Waals surface area (Å²) >= 11 is 0. The molecule has 0 aliphatic rings. The van der Waals surface area contributed by atoms with E-state index in [4.69, 9.17) is 0 Å². The van der Waals surface area contributed by atoms with Crippen LogP contribution in [0.5, 0.6) is 0 Å². The maximum atomic E-state index is 12.1. The first-order valence-electron chi connectivity index (χ1n) is 8.87. The number of hydrogen-bond acceptors (Lipinski definition) is 2. The maximum Gasteiger partial charge on any atom is 0.362 e. The SMILES string of the molecule is CCC(C(=O)O)[N+](CC)(CC(=O)O)C(c1ccccc1)c1ccccc1. The van der Waals surface area contributed by atoms with Crippen molar-refractivity contribution in [2.45, 2.75) is 32.4 Å². The Balaban J connectivity index is 2.76. The lowest BCUT2D eigenvalue weighted by atomic mass is 9.91. The molecular formula is C21H26NO4+. The minimum atomic E-state index is -0.997. The van der Waals surface area contributed by atoms with Crippen LogP contribution in [-0.2, 0) is 9.59 Å². The van der Waals surface area contributed by atoms with Crippen LogP contribution in [0.3, 0.4) is 0 Å². The fraction of sp³-hybridized carbons (Fsp3) is 0.333. The molecule has 2 rings (SSSR count). The molecule has 5 nitrogen and oxygen atoms in total. The van der Waals surface area contributed by atoms with Crippen molar-refractivity contribution in [2.24, 2.45) is 0 Å². The van der Waals surface area contributed by atoms with Gasteiger partial charge in [0.15, 0.2) is 12.6 Å². The molecule has 2 atom stereocenters. The first kappa shape index (κ1) is 19.7. The predicted molar refractivity (Wildman–Crippen MR) is 99.7 cm³/mol. The molecule has 0 amide bonds. The number of hydrogen-bond donors (Lipinski definition) is 2. The van der Waals surface area contributed by atoms with Crippen LogP contribution in [0, 0.1) is 0 Å². The third-order valence-electron chi connectivity index (χ3n) is 5.06. The Morgan fingerprint density at radius 1 is 0.885 bits per heavy atom. The minimum absolute atomic E-state index is 0.0603. The van der Waals surface area contributed by atoms with Crippen molar-refractivity contribution < 1.29 is 24.3 Å². The Labute approximate surface area is 154 Å². The fourth-order valence-electron chi connectivity index (χ4n) is 3.96. The summed E-state index contributed by atoms with van der Waals surface area (Å²) in [4.78, 5) is 23.9. The second-order valence-corrected chi connectivity index (χ2v) is 6.46. The first-order chi connectivity index (χ1) is 12.5. The van der Waals surface area contributed by atoms with Gasteiger partial charge < -0.3 is 10.2 Å². The monoisotopic (exact) mass is 356 g/mol. The van der Waals surface area contributed by atoms with Crippen molar-refractivity contribution in [3.05, 3.63) is 71.8 Å². The molecule has 2 unspecified atom stereocenters. The molecule has 5 heteroatoms.